The molecule has 0 saturated carbocycles. The largest absolute Gasteiger partial charge is 0.472 e. The Balaban J connectivity index is 4.43. The smallest absolute Gasteiger partial charge is 0.463 e. The minimum atomic E-state index is -4.95. The molecule has 0 aliphatic rings. The van der Waals surface area contributed by atoms with E-state index in [-0.39, 0.29) is 19.3 Å². The molecular formula is C105H184O16P2. The molecule has 0 amide bonds. The number of carbonyl (C=O) groups excluding carboxylic acids is 3. The third-order valence-corrected chi connectivity index (χ3v) is 23.4. The van der Waals surface area contributed by atoms with Crippen LogP contribution in [0.15, 0.2) is 146 Å². The second kappa shape index (κ2) is 96.5. The zero-order valence-corrected chi connectivity index (χ0v) is 80.4. The molecule has 0 bridgehead atoms. The van der Waals surface area contributed by atoms with E-state index in [1.54, 1.807) is 0 Å². The molecule has 0 saturated heterocycles. The van der Waals surface area contributed by atoms with Gasteiger partial charge in [-0.25, -0.2) is 9.13 Å². The number of rotatable bonds is 95. The van der Waals surface area contributed by atoms with E-state index in [0.29, 0.717) is 19.3 Å². The van der Waals surface area contributed by atoms with Crippen LogP contribution >= 0.6 is 15.6 Å². The van der Waals surface area contributed by atoms with Gasteiger partial charge in [0.25, 0.3) is 0 Å². The topological polar surface area (TPSA) is 231 Å². The number of allylic oxidation sites excluding steroid dienone is 24. The number of aliphatic hydroxyl groups is 2. The average Bonchev–Trinajstić information content (AvgIpc) is 0.897. The summed E-state index contributed by atoms with van der Waals surface area (Å²) in [5.74, 6) is -1.58. The minimum Gasteiger partial charge on any atom is -0.463 e. The maximum atomic E-state index is 13.1. The summed E-state index contributed by atoms with van der Waals surface area (Å²) in [6.07, 6.45) is 124. The number of carbonyl (C=O) groups is 3. The standard InChI is InChI=1S/C105H184O16P2/c1-4-7-10-13-16-19-22-25-28-31-33-35-37-39-41-43-45-47-49-51-53-55-57-59-61-63-65-68-70-73-76-79-82-85-88-91-103(108)115-94-100(106)95-117-122(111,112)118-96-101(107)97-119-123(113,114)120-99-102(121-105(110)93-90-87-84-81-78-75-72-67-30-27-24-21-18-15-12-9-6-3)98-116-104(109)92-89-86-83-80-77-74-71-69-66-64-62-60-58-56-54-52-50-48-46-44-42-40-38-36-34-32-29-26-23-20-17-14-11-8-5-2/h9,12,16-21,25-30,33-36,39-42,72,75,100-102,106-107H,4-8,10-11,13-15,22-24,31-32,37-38,43-71,73-74,76-99H2,1-3H3,(H,111,112)(H,113,114)/b12-9-,19-16-,20-17-,21-18-,28-25-,29-26-,30-27-,35-33-,36-34-,41-39-,42-40-,75-72-. The van der Waals surface area contributed by atoms with Crippen LogP contribution in [0, 0.1) is 0 Å². The van der Waals surface area contributed by atoms with Crippen LogP contribution in [0.2, 0.25) is 0 Å². The highest BCUT2D eigenvalue weighted by Gasteiger charge is 2.30. The monoisotopic (exact) mass is 1760 g/mol. The number of hydrogen-bond donors (Lipinski definition) is 4. The lowest BCUT2D eigenvalue weighted by molar-refractivity contribution is -0.161. The van der Waals surface area contributed by atoms with Crippen molar-refractivity contribution in [2.75, 3.05) is 39.6 Å². The third kappa shape index (κ3) is 97.9. The van der Waals surface area contributed by atoms with Crippen LogP contribution in [0.25, 0.3) is 0 Å². The summed E-state index contributed by atoms with van der Waals surface area (Å²) in [6, 6.07) is 0. The van der Waals surface area contributed by atoms with E-state index in [0.717, 1.165) is 128 Å². The van der Waals surface area contributed by atoms with Gasteiger partial charge in [-0.15, -0.1) is 0 Å². The highest BCUT2D eigenvalue weighted by molar-refractivity contribution is 7.47. The Morgan fingerprint density at radius 2 is 0.431 bits per heavy atom. The Bertz CT molecular complexity index is 2820. The first kappa shape index (κ1) is 118. The van der Waals surface area contributed by atoms with E-state index in [9.17, 15) is 43.5 Å². The van der Waals surface area contributed by atoms with Crippen molar-refractivity contribution in [3.05, 3.63) is 146 Å². The molecule has 16 nitrogen and oxygen atoms in total. The molecule has 710 valence electrons. The predicted molar refractivity (Wildman–Crippen MR) is 519 cm³/mol. The normalized spacial score (nSPS) is 14.3. The van der Waals surface area contributed by atoms with Crippen LogP contribution in [0.3, 0.4) is 0 Å². The van der Waals surface area contributed by atoms with Crippen LogP contribution in [0.1, 0.15) is 445 Å². The van der Waals surface area contributed by atoms with E-state index in [1.165, 1.54) is 257 Å². The summed E-state index contributed by atoms with van der Waals surface area (Å²) in [5, 5.41) is 20.8. The van der Waals surface area contributed by atoms with Gasteiger partial charge in [0.05, 0.1) is 26.4 Å². The summed E-state index contributed by atoms with van der Waals surface area (Å²) in [7, 11) is -9.81. The van der Waals surface area contributed by atoms with Gasteiger partial charge >= 0.3 is 33.6 Å². The van der Waals surface area contributed by atoms with Gasteiger partial charge in [-0.3, -0.25) is 32.5 Å². The zero-order valence-electron chi connectivity index (χ0n) is 78.6. The SMILES string of the molecule is CC/C=C\C/C=C\C/C=C\C/C=C\CCCCCCC(=O)OC(COC(=O)CCCCCCCCCCCCCCCCCCCCC/C=C\C/C=C\C/C=C\C/C=C\CCCCC)COP(=O)(O)OCC(O)COP(=O)(O)OCC(O)COC(=O)CCCCCCCCCCCCCCCCCCCCC/C=C\C/C=C\C/C=C\C/C=C\CCCCC. The molecule has 4 N–H and O–H groups in total. The first-order chi connectivity index (χ1) is 60.2. The van der Waals surface area contributed by atoms with E-state index in [1.807, 2.05) is 0 Å². The Morgan fingerprint density at radius 1 is 0.236 bits per heavy atom. The molecular weight excluding hydrogens is 1580 g/mol. The molecule has 0 aromatic carbocycles. The minimum absolute atomic E-state index is 0.0762. The van der Waals surface area contributed by atoms with Crippen LogP contribution in [0.4, 0.5) is 0 Å². The molecule has 5 unspecified atom stereocenters. The lowest BCUT2D eigenvalue weighted by Crippen LogP contribution is -2.30. The van der Waals surface area contributed by atoms with Crippen molar-refractivity contribution in [3.8, 4) is 0 Å². The molecule has 0 aromatic heterocycles. The number of unbranched alkanes of at least 4 members (excludes halogenated alkanes) is 48. The van der Waals surface area contributed by atoms with Gasteiger partial charge in [0, 0.05) is 19.3 Å². The second-order valence-corrected chi connectivity index (χ2v) is 36.5. The predicted octanol–water partition coefficient (Wildman–Crippen LogP) is 31.5. The van der Waals surface area contributed by atoms with Gasteiger partial charge in [0.1, 0.15) is 25.4 Å². The fourth-order valence-electron chi connectivity index (χ4n) is 13.9. The van der Waals surface area contributed by atoms with E-state index >= 15 is 0 Å². The molecule has 0 aliphatic carbocycles. The number of phosphoric ester groups is 2. The third-order valence-electron chi connectivity index (χ3n) is 21.5. The van der Waals surface area contributed by atoms with Crippen molar-refractivity contribution in [2.24, 2.45) is 0 Å². The van der Waals surface area contributed by atoms with Gasteiger partial charge in [-0.1, -0.05) is 423 Å². The first-order valence-electron chi connectivity index (χ1n) is 50.1. The molecule has 18 heteroatoms. The zero-order chi connectivity index (χ0) is 89.3. The first-order valence-corrected chi connectivity index (χ1v) is 53.1. The van der Waals surface area contributed by atoms with Crippen molar-refractivity contribution in [3.63, 3.8) is 0 Å². The number of esters is 3. The van der Waals surface area contributed by atoms with Crippen molar-refractivity contribution >= 4 is 33.6 Å². The Morgan fingerprint density at radius 3 is 0.683 bits per heavy atom. The maximum Gasteiger partial charge on any atom is 0.472 e. The van der Waals surface area contributed by atoms with Crippen LogP contribution in [-0.2, 0) is 55.8 Å². The van der Waals surface area contributed by atoms with Gasteiger partial charge in [0.2, 0.25) is 0 Å². The highest BCUT2D eigenvalue weighted by atomic mass is 31.2. The number of phosphoric acid groups is 2. The second-order valence-electron chi connectivity index (χ2n) is 33.5. The Labute approximate surface area is 753 Å². The number of aliphatic hydroxyl groups excluding tert-OH is 2. The van der Waals surface area contributed by atoms with Gasteiger partial charge < -0.3 is 34.2 Å². The quantitative estimate of drug-likeness (QED) is 0.0146. The van der Waals surface area contributed by atoms with Crippen molar-refractivity contribution in [1.29, 1.82) is 0 Å². The lowest BCUT2D eigenvalue weighted by Gasteiger charge is -2.21. The summed E-state index contributed by atoms with van der Waals surface area (Å²) in [5.41, 5.74) is 0. The molecule has 0 aliphatic heterocycles. The molecule has 5 atom stereocenters. The highest BCUT2D eigenvalue weighted by Crippen LogP contribution is 2.45. The van der Waals surface area contributed by atoms with Crippen LogP contribution in [0.5, 0.6) is 0 Å². The number of ether oxygens (including phenoxy) is 3. The van der Waals surface area contributed by atoms with Crippen molar-refractivity contribution in [1.82, 2.24) is 0 Å². The van der Waals surface area contributed by atoms with Crippen molar-refractivity contribution in [2.45, 2.75) is 463 Å². The molecule has 0 fully saturated rings. The van der Waals surface area contributed by atoms with Crippen molar-refractivity contribution < 1.29 is 75.8 Å². The Hall–Kier alpha value is -4.57. The molecule has 0 aromatic rings. The van der Waals surface area contributed by atoms with Gasteiger partial charge in [0.15, 0.2) is 6.10 Å². The van der Waals surface area contributed by atoms with E-state index in [2.05, 4.69) is 167 Å². The summed E-state index contributed by atoms with van der Waals surface area (Å²) in [6.45, 7) is 2.55. The fourth-order valence-corrected chi connectivity index (χ4v) is 15.5. The maximum absolute atomic E-state index is 13.1. The van der Waals surface area contributed by atoms with Gasteiger partial charge in [-0.2, -0.15) is 0 Å². The molecule has 0 rings (SSSR count). The average molecular weight is 1760 g/mol. The molecule has 0 heterocycles. The fraction of sp³-hybridized carbons (Fsp3) is 0.743. The van der Waals surface area contributed by atoms with E-state index in [4.69, 9.17) is 32.3 Å². The lowest BCUT2D eigenvalue weighted by atomic mass is 10.0. The van der Waals surface area contributed by atoms with Gasteiger partial charge in [-0.05, 0) is 148 Å². The molecule has 123 heavy (non-hydrogen) atoms. The van der Waals surface area contributed by atoms with E-state index < -0.39 is 91.5 Å². The number of hydrogen-bond acceptors (Lipinski definition) is 14. The summed E-state index contributed by atoms with van der Waals surface area (Å²) < 4.78 is 61.5. The molecule has 0 spiro atoms. The molecule has 0 radical (unpaired) electrons. The Kier molecular flexibility index (Phi) is 92.9. The summed E-state index contributed by atoms with van der Waals surface area (Å²) in [4.78, 5) is 59.0. The van der Waals surface area contributed by atoms with Crippen LogP contribution < -0.4 is 0 Å². The summed E-state index contributed by atoms with van der Waals surface area (Å²) >= 11 is 0. The van der Waals surface area contributed by atoms with Crippen LogP contribution in [-0.4, -0.2) is 95.9 Å².